The van der Waals surface area contributed by atoms with E-state index in [4.69, 9.17) is 0 Å². The standard InChI is InChI=1S/C16H16F13O3PS/c1-33(2,3,9-10-7-5-4-6-8-10)32-34(30,31)16(28,29)14(23,24)12(19,20)11(17,18)13(21,22)15(25,26)27/h4-8H,9H2,1-3H3. The number of halogens is 13. The zero-order valence-corrected chi connectivity index (χ0v) is 18.8. The summed E-state index contributed by atoms with van der Waals surface area (Å²) in [5, 5.41) is -7.38. The molecular weight excluding hydrogens is 550 g/mol. The van der Waals surface area contributed by atoms with E-state index < -0.39 is 58.2 Å². The maximum absolute atomic E-state index is 14.1. The monoisotopic (exact) mass is 566 g/mol. The summed E-state index contributed by atoms with van der Waals surface area (Å²) in [6.07, 6.45) is -8.16. The Labute approximate surface area is 184 Å². The van der Waals surface area contributed by atoms with Crippen LogP contribution in [0.3, 0.4) is 0 Å². The van der Waals surface area contributed by atoms with E-state index in [0.717, 1.165) is 20.0 Å². The van der Waals surface area contributed by atoms with Gasteiger partial charge in [0.15, 0.2) is 0 Å². The van der Waals surface area contributed by atoms with E-state index in [1.165, 1.54) is 30.3 Å². The summed E-state index contributed by atoms with van der Waals surface area (Å²) in [6.45, 7) is -2.11. The molecule has 0 bridgehead atoms. The van der Waals surface area contributed by atoms with E-state index >= 15 is 0 Å². The van der Waals surface area contributed by atoms with Crippen molar-refractivity contribution in [1.82, 2.24) is 0 Å². The first kappa shape index (κ1) is 30.7. The Bertz CT molecular complexity index is 996. The average Bonchev–Trinajstić information content (AvgIpc) is 2.58. The summed E-state index contributed by atoms with van der Waals surface area (Å²) in [7, 11) is -7.34. The third-order valence-corrected chi connectivity index (χ3v) is 9.48. The van der Waals surface area contributed by atoms with Crippen molar-refractivity contribution < 1.29 is 69.5 Å². The molecule has 0 spiro atoms. The summed E-state index contributed by atoms with van der Waals surface area (Å²) in [5.74, 6) is -32.4. The zero-order chi connectivity index (χ0) is 27.5. The Balaban J connectivity index is 3.55. The third-order valence-electron chi connectivity index (χ3n) is 4.16. The molecule has 0 atom stereocenters. The van der Waals surface area contributed by atoms with Crippen molar-refractivity contribution in [1.29, 1.82) is 0 Å². The summed E-state index contributed by atoms with van der Waals surface area (Å²) < 4.78 is 200. The first-order chi connectivity index (χ1) is 14.6. The SMILES string of the molecule is CP(C)(C)(Cc1ccccc1)OS(=O)(=O)C(F)(F)C(F)(F)C(F)(F)C(F)(F)C(F)(F)C(F)(F)F. The number of rotatable bonds is 9. The van der Waals surface area contributed by atoms with Crippen LogP contribution in [0.4, 0.5) is 57.1 Å². The van der Waals surface area contributed by atoms with Gasteiger partial charge in [0.1, 0.15) is 0 Å². The number of benzene rings is 1. The molecule has 0 N–H and O–H groups in total. The molecule has 0 saturated carbocycles. The fourth-order valence-corrected chi connectivity index (χ4v) is 7.95. The van der Waals surface area contributed by atoms with E-state index in [9.17, 15) is 65.5 Å². The molecule has 0 aliphatic carbocycles. The predicted molar refractivity (Wildman–Crippen MR) is 95.6 cm³/mol. The first-order valence-corrected chi connectivity index (χ1v) is 13.6. The molecule has 34 heavy (non-hydrogen) atoms. The molecule has 0 heterocycles. The molecule has 1 aromatic carbocycles. The van der Waals surface area contributed by atoms with E-state index in [1.807, 2.05) is 0 Å². The molecule has 1 rings (SSSR count). The van der Waals surface area contributed by atoms with Gasteiger partial charge in [-0.05, 0) is 0 Å². The van der Waals surface area contributed by atoms with Gasteiger partial charge >= 0.3 is 184 Å². The minimum absolute atomic E-state index is 0.180. The second-order valence-electron chi connectivity index (χ2n) is 8.45. The second-order valence-corrected chi connectivity index (χ2v) is 16.7. The van der Waals surface area contributed by atoms with Gasteiger partial charge in [0.05, 0.1) is 0 Å². The van der Waals surface area contributed by atoms with Gasteiger partial charge in [0.25, 0.3) is 0 Å². The van der Waals surface area contributed by atoms with Crippen LogP contribution in [0.15, 0.2) is 30.3 Å². The average molecular weight is 566 g/mol. The molecule has 0 radical (unpaired) electrons. The zero-order valence-electron chi connectivity index (χ0n) is 17.1. The van der Waals surface area contributed by atoms with Crippen LogP contribution in [0.25, 0.3) is 0 Å². The molecule has 0 aromatic heterocycles. The minimum atomic E-state index is -8.23. The van der Waals surface area contributed by atoms with Gasteiger partial charge in [-0.3, -0.25) is 0 Å². The molecule has 0 amide bonds. The topological polar surface area (TPSA) is 43.4 Å². The molecule has 0 fully saturated rings. The summed E-state index contributed by atoms with van der Waals surface area (Å²) in [4.78, 5) is 0. The molecule has 0 unspecified atom stereocenters. The van der Waals surface area contributed by atoms with Crippen molar-refractivity contribution in [2.24, 2.45) is 0 Å². The van der Waals surface area contributed by atoms with Gasteiger partial charge in [-0.25, -0.2) is 0 Å². The van der Waals surface area contributed by atoms with Crippen molar-refractivity contribution in [3.8, 4) is 0 Å². The van der Waals surface area contributed by atoms with Gasteiger partial charge in [-0.15, -0.1) is 0 Å². The van der Waals surface area contributed by atoms with Gasteiger partial charge < -0.3 is 0 Å². The normalized spacial score (nSPS) is 16.8. The van der Waals surface area contributed by atoms with E-state index in [-0.39, 0.29) is 5.56 Å². The molecule has 18 heteroatoms. The molecule has 0 aliphatic heterocycles. The van der Waals surface area contributed by atoms with E-state index in [2.05, 4.69) is 3.97 Å². The van der Waals surface area contributed by atoms with Gasteiger partial charge in [-0.1, -0.05) is 0 Å². The van der Waals surface area contributed by atoms with Crippen molar-refractivity contribution in [3.63, 3.8) is 0 Å². The Hall–Kier alpha value is -1.35. The van der Waals surface area contributed by atoms with Crippen LogP contribution in [-0.2, 0) is 20.3 Å². The predicted octanol–water partition coefficient (Wildman–Crippen LogP) is 6.59. The van der Waals surface area contributed by atoms with Gasteiger partial charge in [-0.2, -0.15) is 0 Å². The number of hydrogen-bond donors (Lipinski definition) is 0. The van der Waals surface area contributed by atoms with Crippen molar-refractivity contribution in [3.05, 3.63) is 35.9 Å². The van der Waals surface area contributed by atoms with Crippen LogP contribution in [0.5, 0.6) is 0 Å². The fourth-order valence-electron chi connectivity index (χ4n) is 2.55. The van der Waals surface area contributed by atoms with E-state index in [1.54, 1.807) is 0 Å². The summed E-state index contributed by atoms with van der Waals surface area (Å²) in [6, 6.07) is 6.82. The summed E-state index contributed by atoms with van der Waals surface area (Å²) in [5.41, 5.74) is 0.180. The Kier molecular flexibility index (Phi) is 7.29. The number of hydrogen-bond acceptors (Lipinski definition) is 3. The summed E-state index contributed by atoms with van der Waals surface area (Å²) >= 11 is 0. The quantitative estimate of drug-likeness (QED) is 0.251. The Morgan fingerprint density at radius 2 is 1.06 bits per heavy atom. The molecule has 3 nitrogen and oxygen atoms in total. The van der Waals surface area contributed by atoms with Crippen LogP contribution >= 0.6 is 6.83 Å². The number of alkyl halides is 13. The molecule has 200 valence electrons. The van der Waals surface area contributed by atoms with Crippen LogP contribution < -0.4 is 0 Å². The van der Waals surface area contributed by atoms with Crippen LogP contribution in [0.2, 0.25) is 0 Å². The Morgan fingerprint density at radius 3 is 1.44 bits per heavy atom. The van der Waals surface area contributed by atoms with Gasteiger partial charge in [0.2, 0.25) is 0 Å². The van der Waals surface area contributed by atoms with E-state index in [0.29, 0.717) is 0 Å². The second kappa shape index (κ2) is 8.08. The van der Waals surface area contributed by atoms with Gasteiger partial charge in [0, 0.05) is 0 Å². The third kappa shape index (κ3) is 4.97. The van der Waals surface area contributed by atoms with Crippen LogP contribution in [0.1, 0.15) is 5.56 Å². The van der Waals surface area contributed by atoms with Crippen LogP contribution in [-0.4, -0.2) is 63.5 Å². The molecule has 1 aromatic rings. The Morgan fingerprint density at radius 1 is 0.676 bits per heavy atom. The van der Waals surface area contributed by atoms with Crippen molar-refractivity contribution in [2.45, 2.75) is 41.3 Å². The fraction of sp³-hybridized carbons (Fsp3) is 0.625. The van der Waals surface area contributed by atoms with Crippen molar-refractivity contribution in [2.75, 3.05) is 20.0 Å². The molecule has 0 saturated heterocycles. The van der Waals surface area contributed by atoms with Crippen molar-refractivity contribution >= 4 is 16.9 Å². The molecule has 0 aliphatic rings. The molecular formula is C16H16F13O3PS. The maximum atomic E-state index is 14.1. The first-order valence-electron chi connectivity index (χ1n) is 8.52. The van der Waals surface area contributed by atoms with Crippen LogP contribution in [0, 0.1) is 0 Å².